The first-order chi connectivity index (χ1) is 9.11. The fourth-order valence-electron chi connectivity index (χ4n) is 2.42. The highest BCUT2D eigenvalue weighted by atomic mass is 16.5. The van der Waals surface area contributed by atoms with E-state index in [1.807, 2.05) is 0 Å². The minimum absolute atomic E-state index is 0.106. The van der Waals surface area contributed by atoms with Gasteiger partial charge in [-0.1, -0.05) is 13.8 Å². The first-order valence-corrected chi connectivity index (χ1v) is 7.33. The highest BCUT2D eigenvalue weighted by Gasteiger charge is 2.21. The lowest BCUT2D eigenvalue weighted by atomic mass is 9.98. The molecular weight excluding hydrogens is 242 g/mol. The quantitative estimate of drug-likeness (QED) is 0.630. The largest absolute Gasteiger partial charge is 0.383 e. The standard InChI is InChI=1S/C14H29N3O2/c1-12(2)16-9-13-5-4-7-17(10-13)11-14(18)15-6-8-19-3/h12-13,16H,4-11H2,1-3H3,(H,15,18). The summed E-state index contributed by atoms with van der Waals surface area (Å²) in [6.07, 6.45) is 2.46. The van der Waals surface area contributed by atoms with Crippen molar-refractivity contribution in [1.82, 2.24) is 15.5 Å². The molecule has 5 heteroatoms. The molecule has 19 heavy (non-hydrogen) atoms. The minimum Gasteiger partial charge on any atom is -0.383 e. The van der Waals surface area contributed by atoms with E-state index in [1.54, 1.807) is 7.11 Å². The van der Waals surface area contributed by atoms with Crippen molar-refractivity contribution in [3.8, 4) is 0 Å². The number of amides is 1. The zero-order chi connectivity index (χ0) is 14.1. The Kier molecular flexibility index (Phi) is 8.02. The Labute approximate surface area is 117 Å². The van der Waals surface area contributed by atoms with E-state index in [2.05, 4.69) is 29.4 Å². The third-order valence-electron chi connectivity index (χ3n) is 3.41. The number of methoxy groups -OCH3 is 1. The zero-order valence-electron chi connectivity index (χ0n) is 12.6. The van der Waals surface area contributed by atoms with Gasteiger partial charge in [0.05, 0.1) is 13.2 Å². The Morgan fingerprint density at radius 3 is 2.95 bits per heavy atom. The topological polar surface area (TPSA) is 53.6 Å². The van der Waals surface area contributed by atoms with E-state index >= 15 is 0 Å². The molecule has 0 aliphatic carbocycles. The van der Waals surface area contributed by atoms with Crippen LogP contribution in [0, 0.1) is 5.92 Å². The van der Waals surface area contributed by atoms with Crippen LogP contribution in [0.1, 0.15) is 26.7 Å². The van der Waals surface area contributed by atoms with Gasteiger partial charge in [0.2, 0.25) is 5.91 Å². The number of carbonyl (C=O) groups is 1. The third kappa shape index (κ3) is 7.50. The summed E-state index contributed by atoms with van der Waals surface area (Å²) in [5.41, 5.74) is 0. The van der Waals surface area contributed by atoms with Crippen LogP contribution in [0.5, 0.6) is 0 Å². The highest BCUT2D eigenvalue weighted by molar-refractivity contribution is 5.77. The monoisotopic (exact) mass is 271 g/mol. The Morgan fingerprint density at radius 2 is 2.26 bits per heavy atom. The van der Waals surface area contributed by atoms with Crippen molar-refractivity contribution in [3.63, 3.8) is 0 Å². The molecule has 1 aliphatic rings. The van der Waals surface area contributed by atoms with Crippen LogP contribution in [0.2, 0.25) is 0 Å². The third-order valence-corrected chi connectivity index (χ3v) is 3.41. The molecular formula is C14H29N3O2. The average molecular weight is 271 g/mol. The summed E-state index contributed by atoms with van der Waals surface area (Å²) in [6.45, 7) is 9.15. The van der Waals surface area contributed by atoms with Crippen molar-refractivity contribution < 1.29 is 9.53 Å². The molecule has 1 amide bonds. The molecule has 1 unspecified atom stereocenters. The SMILES string of the molecule is COCCNC(=O)CN1CCCC(CNC(C)C)C1. The van der Waals surface area contributed by atoms with Crippen molar-refractivity contribution in [1.29, 1.82) is 0 Å². The lowest BCUT2D eigenvalue weighted by Gasteiger charge is -2.32. The summed E-state index contributed by atoms with van der Waals surface area (Å²) in [7, 11) is 1.64. The molecule has 0 radical (unpaired) electrons. The molecule has 0 aromatic heterocycles. The van der Waals surface area contributed by atoms with E-state index in [0.717, 1.165) is 19.6 Å². The molecule has 0 aromatic rings. The van der Waals surface area contributed by atoms with Gasteiger partial charge in [0, 0.05) is 26.2 Å². The molecule has 0 bridgehead atoms. The van der Waals surface area contributed by atoms with E-state index < -0.39 is 0 Å². The lowest BCUT2D eigenvalue weighted by molar-refractivity contribution is -0.122. The number of nitrogens with zero attached hydrogens (tertiary/aromatic N) is 1. The minimum atomic E-state index is 0.106. The van der Waals surface area contributed by atoms with Crippen LogP contribution < -0.4 is 10.6 Å². The van der Waals surface area contributed by atoms with Crippen LogP contribution in [0.25, 0.3) is 0 Å². The van der Waals surface area contributed by atoms with Crippen molar-refractivity contribution in [3.05, 3.63) is 0 Å². The van der Waals surface area contributed by atoms with Gasteiger partial charge in [0.1, 0.15) is 0 Å². The first-order valence-electron chi connectivity index (χ1n) is 7.33. The lowest BCUT2D eigenvalue weighted by Crippen LogP contribution is -2.45. The average Bonchev–Trinajstić information content (AvgIpc) is 2.37. The van der Waals surface area contributed by atoms with Gasteiger partial charge in [-0.05, 0) is 31.8 Å². The van der Waals surface area contributed by atoms with Crippen molar-refractivity contribution in [2.45, 2.75) is 32.7 Å². The van der Waals surface area contributed by atoms with Crippen molar-refractivity contribution in [2.24, 2.45) is 5.92 Å². The smallest absolute Gasteiger partial charge is 0.234 e. The number of hydrogen-bond acceptors (Lipinski definition) is 4. The molecule has 1 saturated heterocycles. The molecule has 112 valence electrons. The van der Waals surface area contributed by atoms with E-state index in [9.17, 15) is 4.79 Å². The van der Waals surface area contributed by atoms with Gasteiger partial charge < -0.3 is 15.4 Å². The Hall–Kier alpha value is -0.650. The Balaban J connectivity index is 2.20. The molecule has 1 atom stereocenters. The normalized spacial score (nSPS) is 20.7. The molecule has 1 heterocycles. The second-order valence-electron chi connectivity index (χ2n) is 5.65. The van der Waals surface area contributed by atoms with Crippen LogP contribution in [0.4, 0.5) is 0 Å². The maximum atomic E-state index is 11.7. The molecule has 5 nitrogen and oxygen atoms in total. The summed E-state index contributed by atoms with van der Waals surface area (Å²) in [6, 6.07) is 0.535. The van der Waals surface area contributed by atoms with Crippen LogP contribution >= 0.6 is 0 Å². The maximum absolute atomic E-state index is 11.7. The van der Waals surface area contributed by atoms with Gasteiger partial charge in [-0.2, -0.15) is 0 Å². The summed E-state index contributed by atoms with van der Waals surface area (Å²) < 4.78 is 4.92. The summed E-state index contributed by atoms with van der Waals surface area (Å²) in [5, 5.41) is 6.36. The van der Waals surface area contributed by atoms with Crippen LogP contribution in [0.15, 0.2) is 0 Å². The first kappa shape index (κ1) is 16.4. The van der Waals surface area contributed by atoms with Crippen LogP contribution in [0.3, 0.4) is 0 Å². The van der Waals surface area contributed by atoms with E-state index in [1.165, 1.54) is 12.8 Å². The van der Waals surface area contributed by atoms with Crippen molar-refractivity contribution in [2.75, 3.05) is 46.4 Å². The van der Waals surface area contributed by atoms with Gasteiger partial charge >= 0.3 is 0 Å². The van der Waals surface area contributed by atoms with Crippen molar-refractivity contribution >= 4 is 5.91 Å². The molecule has 2 N–H and O–H groups in total. The number of likely N-dealkylation sites (tertiary alicyclic amines) is 1. The summed E-state index contributed by atoms with van der Waals surface area (Å²) in [4.78, 5) is 14.0. The molecule has 0 saturated carbocycles. The molecule has 1 rings (SSSR count). The van der Waals surface area contributed by atoms with Crippen LogP contribution in [-0.4, -0.2) is 63.3 Å². The summed E-state index contributed by atoms with van der Waals surface area (Å²) >= 11 is 0. The van der Waals surface area contributed by atoms with Crippen LogP contribution in [-0.2, 0) is 9.53 Å². The molecule has 0 spiro atoms. The summed E-state index contributed by atoms with van der Waals surface area (Å²) in [5.74, 6) is 0.775. The fraction of sp³-hybridized carbons (Fsp3) is 0.929. The number of ether oxygens (including phenoxy) is 1. The second-order valence-corrected chi connectivity index (χ2v) is 5.65. The Bertz CT molecular complexity index is 259. The highest BCUT2D eigenvalue weighted by Crippen LogP contribution is 2.15. The number of hydrogen-bond donors (Lipinski definition) is 2. The Morgan fingerprint density at radius 1 is 1.47 bits per heavy atom. The number of rotatable bonds is 8. The number of carbonyl (C=O) groups excluding carboxylic acids is 1. The number of nitrogens with one attached hydrogen (secondary N) is 2. The van der Waals surface area contributed by atoms with E-state index in [-0.39, 0.29) is 5.91 Å². The van der Waals surface area contributed by atoms with Gasteiger partial charge in [-0.3, -0.25) is 9.69 Å². The molecule has 1 fully saturated rings. The fourth-order valence-corrected chi connectivity index (χ4v) is 2.42. The molecule has 0 aromatic carbocycles. The van der Waals surface area contributed by atoms with E-state index in [4.69, 9.17) is 4.74 Å². The second kappa shape index (κ2) is 9.28. The van der Waals surface area contributed by atoms with E-state index in [0.29, 0.717) is 31.7 Å². The van der Waals surface area contributed by atoms with Gasteiger partial charge in [0.15, 0.2) is 0 Å². The van der Waals surface area contributed by atoms with Gasteiger partial charge in [-0.15, -0.1) is 0 Å². The predicted molar refractivity (Wildman–Crippen MR) is 77.2 cm³/mol. The maximum Gasteiger partial charge on any atom is 0.234 e. The van der Waals surface area contributed by atoms with Gasteiger partial charge in [-0.25, -0.2) is 0 Å². The van der Waals surface area contributed by atoms with Gasteiger partial charge in [0.25, 0.3) is 0 Å². The number of piperidine rings is 1. The molecule has 1 aliphatic heterocycles. The zero-order valence-corrected chi connectivity index (χ0v) is 12.6. The predicted octanol–water partition coefficient (Wildman–Crippen LogP) is 0.459.